The Morgan fingerprint density at radius 3 is 2.69 bits per heavy atom. The number of hydrogen-bond donors (Lipinski definition) is 0. The van der Waals surface area contributed by atoms with Gasteiger partial charge in [-0.1, -0.05) is 6.08 Å². The summed E-state index contributed by atoms with van der Waals surface area (Å²) in [6, 6.07) is 0. The zero-order chi connectivity index (χ0) is 12.1. The summed E-state index contributed by atoms with van der Waals surface area (Å²) < 4.78 is 5.77. The predicted octanol–water partition coefficient (Wildman–Crippen LogP) is 2.38. The lowest BCUT2D eigenvalue weighted by atomic mass is 10.1. The summed E-state index contributed by atoms with van der Waals surface area (Å²) >= 11 is 1.80. The fraction of sp³-hybridized carbons (Fsp3) is 0.750. The van der Waals surface area contributed by atoms with Gasteiger partial charge in [0.25, 0.3) is 5.91 Å². The smallest absolute Gasteiger partial charge is 0.252 e. The Balaban J connectivity index is 2.43. The van der Waals surface area contributed by atoms with Crippen molar-refractivity contribution in [2.24, 2.45) is 0 Å². The number of hydrogen-bond acceptors (Lipinski definition) is 3. The van der Waals surface area contributed by atoms with Crippen LogP contribution in [0, 0.1) is 0 Å². The third-order valence-corrected chi connectivity index (χ3v) is 4.55. The molecule has 0 bridgehead atoms. The van der Waals surface area contributed by atoms with E-state index in [1.807, 2.05) is 17.9 Å². The quantitative estimate of drug-likeness (QED) is 0.652. The molecule has 4 heteroatoms. The maximum atomic E-state index is 12.3. The molecular weight excluding hydrogens is 222 g/mol. The zero-order valence-corrected chi connectivity index (χ0v) is 11.4. The Hall–Kier alpha value is -0.480. The summed E-state index contributed by atoms with van der Waals surface area (Å²) in [5.41, 5.74) is 0.786. The second-order valence-electron chi connectivity index (χ2n) is 5.40. The Morgan fingerprint density at radius 2 is 2.06 bits per heavy atom. The molecule has 2 heterocycles. The fourth-order valence-corrected chi connectivity index (χ4v) is 4.34. The van der Waals surface area contributed by atoms with Crippen LogP contribution in [0.4, 0.5) is 0 Å². The van der Waals surface area contributed by atoms with E-state index in [-0.39, 0.29) is 21.8 Å². The predicted molar refractivity (Wildman–Crippen MR) is 66.1 cm³/mol. The number of fused-ring (bicyclic) bond motifs is 1. The van der Waals surface area contributed by atoms with Gasteiger partial charge < -0.3 is 4.74 Å². The molecule has 2 aliphatic rings. The molecule has 0 aromatic heterocycles. The van der Waals surface area contributed by atoms with Gasteiger partial charge in [-0.05, 0) is 34.6 Å². The minimum atomic E-state index is -0.204. The number of rotatable bonds is 0. The lowest BCUT2D eigenvalue weighted by molar-refractivity contribution is -0.144. The highest BCUT2D eigenvalue weighted by atomic mass is 32.2. The summed E-state index contributed by atoms with van der Waals surface area (Å²) in [5, 5.41) is 0. The van der Waals surface area contributed by atoms with Crippen LogP contribution in [0.15, 0.2) is 11.6 Å². The van der Waals surface area contributed by atoms with Gasteiger partial charge in [0.1, 0.15) is 6.23 Å². The van der Waals surface area contributed by atoms with Crippen molar-refractivity contribution in [2.45, 2.75) is 50.5 Å². The molecule has 0 spiro atoms. The molecule has 16 heavy (non-hydrogen) atoms. The molecule has 1 saturated heterocycles. The van der Waals surface area contributed by atoms with E-state index >= 15 is 0 Å². The summed E-state index contributed by atoms with van der Waals surface area (Å²) in [5.74, 6) is 0.102. The van der Waals surface area contributed by atoms with Gasteiger partial charge in [0, 0.05) is 5.57 Å². The van der Waals surface area contributed by atoms with Crippen molar-refractivity contribution in [3.63, 3.8) is 0 Å². The van der Waals surface area contributed by atoms with Gasteiger partial charge in [-0.2, -0.15) is 0 Å². The number of amides is 1. The van der Waals surface area contributed by atoms with E-state index in [2.05, 4.69) is 27.7 Å². The van der Waals surface area contributed by atoms with Crippen LogP contribution in [0.1, 0.15) is 34.6 Å². The van der Waals surface area contributed by atoms with Crippen LogP contribution in [0.3, 0.4) is 0 Å². The molecule has 0 saturated carbocycles. The molecule has 1 amide bonds. The Labute approximate surface area is 101 Å². The van der Waals surface area contributed by atoms with Crippen LogP contribution in [0.25, 0.3) is 0 Å². The first kappa shape index (κ1) is 12.0. The van der Waals surface area contributed by atoms with Crippen molar-refractivity contribution in [3.8, 4) is 0 Å². The normalized spacial score (nSPS) is 32.1. The largest absolute Gasteiger partial charge is 0.353 e. The molecular formula is C12H19NO2S. The van der Waals surface area contributed by atoms with Gasteiger partial charge in [0.05, 0.1) is 16.2 Å². The van der Waals surface area contributed by atoms with E-state index in [9.17, 15) is 4.79 Å². The molecule has 3 nitrogen and oxygen atoms in total. The number of ether oxygens (including phenoxy) is 1. The molecule has 2 rings (SSSR count). The summed E-state index contributed by atoms with van der Waals surface area (Å²) in [7, 11) is 0. The zero-order valence-electron chi connectivity index (χ0n) is 10.5. The maximum absolute atomic E-state index is 12.3. The van der Waals surface area contributed by atoms with Gasteiger partial charge in [-0.15, -0.1) is 11.8 Å². The second-order valence-corrected chi connectivity index (χ2v) is 7.66. The topological polar surface area (TPSA) is 29.5 Å². The summed E-state index contributed by atoms with van der Waals surface area (Å²) in [4.78, 5) is 14.0. The highest BCUT2D eigenvalue weighted by Crippen LogP contribution is 2.52. The lowest BCUT2D eigenvalue weighted by Crippen LogP contribution is -2.49. The van der Waals surface area contributed by atoms with Crippen LogP contribution in [-0.2, 0) is 9.53 Å². The molecule has 0 N–H and O–H groups in total. The first-order chi connectivity index (χ1) is 7.26. The molecule has 0 aliphatic carbocycles. The second kappa shape index (κ2) is 3.50. The Morgan fingerprint density at radius 1 is 1.44 bits per heavy atom. The molecule has 0 radical (unpaired) electrons. The summed E-state index contributed by atoms with van der Waals surface area (Å²) in [6.07, 6.45) is 1.74. The van der Waals surface area contributed by atoms with Crippen molar-refractivity contribution in [1.29, 1.82) is 0 Å². The van der Waals surface area contributed by atoms with E-state index in [0.29, 0.717) is 6.61 Å². The van der Waals surface area contributed by atoms with Crippen LogP contribution in [-0.4, -0.2) is 33.3 Å². The SMILES string of the molecule is CC1=CCOC2N(C1=O)C(C)(C)SC2(C)C. The van der Waals surface area contributed by atoms with Crippen molar-refractivity contribution in [3.05, 3.63) is 11.6 Å². The number of carbonyl (C=O) groups excluding carboxylic acids is 1. The van der Waals surface area contributed by atoms with Crippen LogP contribution < -0.4 is 0 Å². The van der Waals surface area contributed by atoms with Crippen molar-refractivity contribution in [2.75, 3.05) is 6.61 Å². The van der Waals surface area contributed by atoms with Gasteiger partial charge in [0.2, 0.25) is 0 Å². The van der Waals surface area contributed by atoms with Crippen molar-refractivity contribution < 1.29 is 9.53 Å². The van der Waals surface area contributed by atoms with E-state index in [1.54, 1.807) is 11.8 Å². The summed E-state index contributed by atoms with van der Waals surface area (Å²) in [6.45, 7) is 10.8. The standard InChI is InChI=1S/C12H19NO2S/c1-8-6-7-15-10-11(2,3)16-12(4,5)13(10)9(8)14/h6,10H,7H2,1-5H3. The van der Waals surface area contributed by atoms with Crippen LogP contribution in [0.5, 0.6) is 0 Å². The van der Waals surface area contributed by atoms with E-state index < -0.39 is 0 Å². The van der Waals surface area contributed by atoms with Crippen LogP contribution >= 0.6 is 11.8 Å². The van der Waals surface area contributed by atoms with Gasteiger partial charge in [0.15, 0.2) is 0 Å². The fourth-order valence-electron chi connectivity index (χ4n) is 2.50. The molecule has 1 fully saturated rings. The molecule has 0 aromatic carbocycles. The average Bonchev–Trinajstić information content (AvgIpc) is 2.25. The lowest BCUT2D eigenvalue weighted by Gasteiger charge is -2.34. The van der Waals surface area contributed by atoms with Crippen molar-refractivity contribution in [1.82, 2.24) is 4.90 Å². The van der Waals surface area contributed by atoms with E-state index in [0.717, 1.165) is 5.57 Å². The molecule has 2 aliphatic heterocycles. The molecule has 0 aromatic rings. The van der Waals surface area contributed by atoms with E-state index in [1.165, 1.54) is 0 Å². The number of carbonyl (C=O) groups is 1. The highest BCUT2D eigenvalue weighted by molar-refractivity contribution is 8.02. The third-order valence-electron chi connectivity index (χ3n) is 3.12. The minimum Gasteiger partial charge on any atom is -0.353 e. The van der Waals surface area contributed by atoms with Gasteiger partial charge in [-0.25, -0.2) is 0 Å². The number of thioether (sulfide) groups is 1. The molecule has 90 valence electrons. The third kappa shape index (κ3) is 1.68. The monoisotopic (exact) mass is 241 g/mol. The first-order valence-electron chi connectivity index (χ1n) is 5.58. The molecule has 1 atom stereocenters. The van der Waals surface area contributed by atoms with Gasteiger partial charge >= 0.3 is 0 Å². The Kier molecular flexibility index (Phi) is 2.63. The highest BCUT2D eigenvalue weighted by Gasteiger charge is 2.55. The average molecular weight is 241 g/mol. The molecule has 1 unspecified atom stereocenters. The minimum absolute atomic E-state index is 0.0579. The van der Waals surface area contributed by atoms with E-state index in [4.69, 9.17) is 4.74 Å². The maximum Gasteiger partial charge on any atom is 0.252 e. The Bertz CT molecular complexity index is 360. The van der Waals surface area contributed by atoms with Gasteiger partial charge in [-0.3, -0.25) is 9.69 Å². The van der Waals surface area contributed by atoms with Crippen LogP contribution in [0.2, 0.25) is 0 Å². The first-order valence-corrected chi connectivity index (χ1v) is 6.39. The van der Waals surface area contributed by atoms with Crippen molar-refractivity contribution >= 4 is 17.7 Å². The number of nitrogens with zero attached hydrogens (tertiary/aromatic N) is 1.